The van der Waals surface area contributed by atoms with Crippen molar-refractivity contribution in [2.45, 2.75) is 20.8 Å². The quantitative estimate of drug-likeness (QED) is 0.722. The lowest BCUT2D eigenvalue weighted by atomic mass is 10.2. The molecule has 1 aromatic carbocycles. The summed E-state index contributed by atoms with van der Waals surface area (Å²) in [5, 5.41) is 11.7. The smallest absolute Gasteiger partial charge is 0.265 e. The summed E-state index contributed by atoms with van der Waals surface area (Å²) >= 11 is 0. The van der Waals surface area contributed by atoms with E-state index in [9.17, 15) is 4.79 Å². The van der Waals surface area contributed by atoms with E-state index < -0.39 is 0 Å². The molecule has 0 fully saturated rings. The molecule has 0 spiro atoms. The lowest BCUT2D eigenvalue weighted by molar-refractivity contribution is 0.857. The Labute approximate surface area is 109 Å². The summed E-state index contributed by atoms with van der Waals surface area (Å²) in [6.07, 6.45) is 0. The van der Waals surface area contributed by atoms with Gasteiger partial charge in [-0.3, -0.25) is 4.79 Å². The van der Waals surface area contributed by atoms with Crippen LogP contribution < -0.4 is 5.56 Å². The molecule has 19 heavy (non-hydrogen) atoms. The van der Waals surface area contributed by atoms with Gasteiger partial charge in [0.05, 0.1) is 22.5 Å². The summed E-state index contributed by atoms with van der Waals surface area (Å²) in [5.74, 6) is 0. The summed E-state index contributed by atoms with van der Waals surface area (Å²) in [5.41, 5.74) is 4.02. The molecule has 2 aromatic heterocycles. The average molecular weight is 254 g/mol. The Hall–Kier alpha value is -2.43. The maximum absolute atomic E-state index is 11.8. The number of aryl methyl sites for hydroxylation is 3. The average Bonchev–Trinajstić information content (AvgIpc) is 2.74. The minimum atomic E-state index is -0.255. The van der Waals surface area contributed by atoms with Gasteiger partial charge < -0.3 is 0 Å². The van der Waals surface area contributed by atoms with Gasteiger partial charge in [0.15, 0.2) is 5.52 Å². The number of H-pyrrole nitrogens is 1. The Morgan fingerprint density at radius 2 is 1.79 bits per heavy atom. The molecule has 0 aliphatic carbocycles. The van der Waals surface area contributed by atoms with Crippen LogP contribution in [0.1, 0.15) is 17.0 Å². The Morgan fingerprint density at radius 1 is 1.11 bits per heavy atom. The van der Waals surface area contributed by atoms with Crippen LogP contribution in [0.5, 0.6) is 0 Å². The molecule has 96 valence electrons. The molecule has 2 heterocycles. The standard InChI is InChI=1S/C14H14N4O/c1-8-4-6-11(7-5-8)18-10(3)12-9(2)15-16-14(19)13(12)17-18/h4-7H,1-3H3,(H,16,19). The Kier molecular flexibility index (Phi) is 2.48. The number of hydrogen-bond acceptors (Lipinski definition) is 3. The van der Waals surface area contributed by atoms with Crippen LogP contribution >= 0.6 is 0 Å². The first-order chi connectivity index (χ1) is 9.08. The largest absolute Gasteiger partial charge is 0.292 e. The van der Waals surface area contributed by atoms with E-state index in [-0.39, 0.29) is 5.56 Å². The fourth-order valence-corrected chi connectivity index (χ4v) is 2.28. The summed E-state index contributed by atoms with van der Waals surface area (Å²) in [6.45, 7) is 5.85. The second-order valence-corrected chi connectivity index (χ2v) is 4.69. The van der Waals surface area contributed by atoms with E-state index in [1.807, 2.05) is 45.0 Å². The predicted molar refractivity (Wildman–Crippen MR) is 73.7 cm³/mol. The SMILES string of the molecule is Cc1ccc(-n2nc3c(=O)[nH]nc(C)c3c2C)cc1. The molecule has 3 aromatic rings. The molecule has 0 radical (unpaired) electrons. The third-order valence-electron chi connectivity index (χ3n) is 3.30. The number of nitrogens with one attached hydrogen (secondary N) is 1. The van der Waals surface area contributed by atoms with Crippen LogP contribution in [0.25, 0.3) is 16.6 Å². The fraction of sp³-hybridized carbons (Fsp3) is 0.214. The van der Waals surface area contributed by atoms with E-state index in [4.69, 9.17) is 0 Å². The molecule has 0 unspecified atom stereocenters. The van der Waals surface area contributed by atoms with Crippen LogP contribution in [-0.2, 0) is 0 Å². The maximum Gasteiger partial charge on any atom is 0.292 e. The van der Waals surface area contributed by atoms with Gasteiger partial charge in [0.25, 0.3) is 5.56 Å². The molecular formula is C14H14N4O. The lowest BCUT2D eigenvalue weighted by Crippen LogP contribution is -2.09. The molecular weight excluding hydrogens is 240 g/mol. The minimum absolute atomic E-state index is 0.255. The second kappa shape index (κ2) is 4.05. The Balaban J connectivity index is 2.34. The van der Waals surface area contributed by atoms with Crippen LogP contribution in [0, 0.1) is 20.8 Å². The highest BCUT2D eigenvalue weighted by atomic mass is 16.1. The van der Waals surface area contributed by atoms with Gasteiger partial charge in [0.1, 0.15) is 0 Å². The zero-order valence-electron chi connectivity index (χ0n) is 11.1. The molecule has 0 aliphatic rings. The third-order valence-corrected chi connectivity index (χ3v) is 3.30. The number of hydrogen-bond donors (Lipinski definition) is 1. The van der Waals surface area contributed by atoms with Crippen molar-refractivity contribution in [3.05, 3.63) is 51.6 Å². The van der Waals surface area contributed by atoms with E-state index >= 15 is 0 Å². The van der Waals surface area contributed by atoms with Gasteiger partial charge in [-0.2, -0.15) is 10.2 Å². The van der Waals surface area contributed by atoms with E-state index in [1.165, 1.54) is 5.56 Å². The van der Waals surface area contributed by atoms with Crippen molar-refractivity contribution in [3.63, 3.8) is 0 Å². The summed E-state index contributed by atoms with van der Waals surface area (Å²) in [6, 6.07) is 8.03. The third kappa shape index (κ3) is 1.74. The Morgan fingerprint density at radius 3 is 2.42 bits per heavy atom. The highest BCUT2D eigenvalue weighted by Crippen LogP contribution is 2.20. The number of aromatic amines is 1. The van der Waals surface area contributed by atoms with E-state index in [2.05, 4.69) is 15.3 Å². The first-order valence-electron chi connectivity index (χ1n) is 6.09. The van der Waals surface area contributed by atoms with Gasteiger partial charge >= 0.3 is 0 Å². The van der Waals surface area contributed by atoms with Crippen LogP contribution in [0.4, 0.5) is 0 Å². The molecule has 0 saturated heterocycles. The second-order valence-electron chi connectivity index (χ2n) is 4.69. The first kappa shape index (κ1) is 11.6. The van der Waals surface area contributed by atoms with Gasteiger partial charge in [-0.1, -0.05) is 17.7 Å². The zero-order valence-corrected chi connectivity index (χ0v) is 11.1. The molecule has 0 aliphatic heterocycles. The molecule has 1 N–H and O–H groups in total. The Bertz CT molecular complexity index is 812. The summed E-state index contributed by atoms with van der Waals surface area (Å²) < 4.78 is 1.79. The summed E-state index contributed by atoms with van der Waals surface area (Å²) in [7, 11) is 0. The molecule has 0 atom stereocenters. The summed E-state index contributed by atoms with van der Waals surface area (Å²) in [4.78, 5) is 11.8. The van der Waals surface area contributed by atoms with Crippen molar-refractivity contribution in [1.29, 1.82) is 0 Å². The van der Waals surface area contributed by atoms with Gasteiger partial charge in [0.2, 0.25) is 0 Å². The minimum Gasteiger partial charge on any atom is -0.265 e. The molecule has 5 nitrogen and oxygen atoms in total. The van der Waals surface area contributed by atoms with E-state index in [1.54, 1.807) is 4.68 Å². The number of benzene rings is 1. The van der Waals surface area contributed by atoms with Gasteiger partial charge in [0, 0.05) is 0 Å². The van der Waals surface area contributed by atoms with E-state index in [0.29, 0.717) is 5.52 Å². The lowest BCUT2D eigenvalue weighted by Gasteiger charge is -2.04. The van der Waals surface area contributed by atoms with Crippen molar-refractivity contribution in [3.8, 4) is 5.69 Å². The fourth-order valence-electron chi connectivity index (χ4n) is 2.28. The topological polar surface area (TPSA) is 63.6 Å². The highest BCUT2D eigenvalue weighted by Gasteiger charge is 2.14. The molecule has 5 heteroatoms. The number of aromatic nitrogens is 4. The number of fused-ring (bicyclic) bond motifs is 1. The monoisotopic (exact) mass is 254 g/mol. The van der Waals surface area contributed by atoms with E-state index in [0.717, 1.165) is 22.5 Å². The molecule has 0 amide bonds. The van der Waals surface area contributed by atoms with Crippen LogP contribution in [0.15, 0.2) is 29.1 Å². The highest BCUT2D eigenvalue weighted by molar-refractivity contribution is 5.83. The van der Waals surface area contributed by atoms with Gasteiger partial charge in [-0.05, 0) is 32.9 Å². The van der Waals surface area contributed by atoms with Crippen molar-refractivity contribution in [1.82, 2.24) is 20.0 Å². The van der Waals surface area contributed by atoms with Crippen molar-refractivity contribution < 1.29 is 0 Å². The van der Waals surface area contributed by atoms with Gasteiger partial charge in [-0.15, -0.1) is 0 Å². The van der Waals surface area contributed by atoms with Crippen molar-refractivity contribution in [2.24, 2.45) is 0 Å². The van der Waals surface area contributed by atoms with Crippen LogP contribution in [0.2, 0.25) is 0 Å². The number of nitrogens with zero attached hydrogens (tertiary/aromatic N) is 3. The van der Waals surface area contributed by atoms with Crippen molar-refractivity contribution >= 4 is 10.9 Å². The number of rotatable bonds is 1. The zero-order chi connectivity index (χ0) is 13.6. The first-order valence-corrected chi connectivity index (χ1v) is 6.09. The maximum atomic E-state index is 11.8. The normalized spacial score (nSPS) is 11.1. The van der Waals surface area contributed by atoms with Gasteiger partial charge in [-0.25, -0.2) is 9.78 Å². The van der Waals surface area contributed by atoms with Crippen molar-refractivity contribution in [2.75, 3.05) is 0 Å². The molecule has 0 saturated carbocycles. The van der Waals surface area contributed by atoms with Crippen LogP contribution in [0.3, 0.4) is 0 Å². The molecule has 0 bridgehead atoms. The van der Waals surface area contributed by atoms with Crippen LogP contribution in [-0.4, -0.2) is 20.0 Å². The predicted octanol–water partition coefficient (Wildman–Crippen LogP) is 2.03. The molecule has 3 rings (SSSR count).